The number of hydrogen-bond donors (Lipinski definition) is 1. The summed E-state index contributed by atoms with van der Waals surface area (Å²) in [5.41, 5.74) is 1.01. The highest BCUT2D eigenvalue weighted by atomic mass is 32.2. The molecule has 130 valence electrons. The van der Waals surface area contributed by atoms with Gasteiger partial charge in [-0.05, 0) is 37.2 Å². The second-order valence-corrected chi connectivity index (χ2v) is 13.6. The molecule has 4 heteroatoms. The predicted octanol–water partition coefficient (Wildman–Crippen LogP) is 5.35. The molecule has 2 nitrogen and oxygen atoms in total. The van der Waals surface area contributed by atoms with E-state index in [0.717, 1.165) is 11.3 Å². The van der Waals surface area contributed by atoms with E-state index in [-0.39, 0.29) is 11.0 Å². The summed E-state index contributed by atoms with van der Waals surface area (Å²) in [5.74, 6) is 0.867. The maximum absolute atomic E-state index is 10.6. The molecular weight excluding hydrogens is 320 g/mol. The second-order valence-electron chi connectivity index (χ2n) is 7.72. The van der Waals surface area contributed by atoms with Crippen LogP contribution < -0.4 is 0 Å². The summed E-state index contributed by atoms with van der Waals surface area (Å²) in [6, 6.07) is 10.3. The second kappa shape index (κ2) is 8.52. The van der Waals surface area contributed by atoms with Gasteiger partial charge in [0.2, 0.25) is 0 Å². The number of thioether (sulfide) groups is 1. The standard InChI is InChI=1S/C19H32O2SSi/c1-15(2)17(14-22-16-11-9-8-10-12-16)18(20)13-21-23(6,7)19(3,4)5/h8-12,17-18,20H,1,13-14H2,2-7H3. The van der Waals surface area contributed by atoms with Gasteiger partial charge >= 0.3 is 0 Å². The summed E-state index contributed by atoms with van der Waals surface area (Å²) < 4.78 is 6.18. The molecule has 0 amide bonds. The number of benzene rings is 1. The summed E-state index contributed by atoms with van der Waals surface area (Å²) in [6.45, 7) is 17.5. The van der Waals surface area contributed by atoms with Gasteiger partial charge in [0.1, 0.15) is 0 Å². The Bertz CT molecular complexity index is 494. The fourth-order valence-electron chi connectivity index (χ4n) is 1.91. The SMILES string of the molecule is C=C(C)C(CSc1ccccc1)C(O)CO[Si](C)(C)C(C)(C)C. The average molecular weight is 353 g/mol. The van der Waals surface area contributed by atoms with E-state index in [9.17, 15) is 5.11 Å². The van der Waals surface area contributed by atoms with E-state index >= 15 is 0 Å². The lowest BCUT2D eigenvalue weighted by Crippen LogP contribution is -2.44. The molecule has 0 radical (unpaired) electrons. The molecule has 0 aliphatic heterocycles. The summed E-state index contributed by atoms with van der Waals surface area (Å²) in [4.78, 5) is 1.22. The summed E-state index contributed by atoms with van der Waals surface area (Å²) >= 11 is 1.76. The van der Waals surface area contributed by atoms with Crippen LogP contribution in [0.3, 0.4) is 0 Å². The van der Waals surface area contributed by atoms with E-state index in [4.69, 9.17) is 4.43 Å². The van der Waals surface area contributed by atoms with Gasteiger partial charge in [-0.25, -0.2) is 0 Å². The summed E-state index contributed by atoms with van der Waals surface area (Å²) in [5, 5.41) is 10.8. The molecule has 1 aromatic rings. The van der Waals surface area contributed by atoms with Crippen molar-refractivity contribution in [3.05, 3.63) is 42.5 Å². The highest BCUT2D eigenvalue weighted by Crippen LogP contribution is 2.37. The van der Waals surface area contributed by atoms with Crippen LogP contribution in [0.1, 0.15) is 27.7 Å². The van der Waals surface area contributed by atoms with Crippen molar-refractivity contribution in [2.45, 2.75) is 56.8 Å². The topological polar surface area (TPSA) is 29.5 Å². The lowest BCUT2D eigenvalue weighted by atomic mass is 9.98. The fourth-order valence-corrected chi connectivity index (χ4v) is 4.16. The van der Waals surface area contributed by atoms with Gasteiger partial charge < -0.3 is 9.53 Å². The first-order valence-corrected chi connectivity index (χ1v) is 12.1. The predicted molar refractivity (Wildman–Crippen MR) is 105 cm³/mol. The van der Waals surface area contributed by atoms with E-state index in [0.29, 0.717) is 6.61 Å². The average Bonchev–Trinajstić information content (AvgIpc) is 2.45. The molecule has 0 heterocycles. The van der Waals surface area contributed by atoms with Crippen molar-refractivity contribution in [1.29, 1.82) is 0 Å². The van der Waals surface area contributed by atoms with Gasteiger partial charge in [0, 0.05) is 16.6 Å². The molecule has 0 saturated carbocycles. The number of hydrogen-bond acceptors (Lipinski definition) is 3. The minimum Gasteiger partial charge on any atom is -0.414 e. The smallest absolute Gasteiger partial charge is 0.192 e. The third-order valence-corrected chi connectivity index (χ3v) is 10.3. The largest absolute Gasteiger partial charge is 0.414 e. The Morgan fingerprint density at radius 2 is 1.83 bits per heavy atom. The molecule has 1 rings (SSSR count). The van der Waals surface area contributed by atoms with Crippen LogP contribution in [-0.4, -0.2) is 31.9 Å². The van der Waals surface area contributed by atoms with Crippen molar-refractivity contribution < 1.29 is 9.53 Å². The molecule has 0 fully saturated rings. The Labute approximate surface area is 147 Å². The van der Waals surface area contributed by atoms with Crippen molar-refractivity contribution in [1.82, 2.24) is 0 Å². The molecule has 0 saturated heterocycles. The van der Waals surface area contributed by atoms with Gasteiger partial charge in [-0.3, -0.25) is 0 Å². The number of aliphatic hydroxyl groups is 1. The van der Waals surface area contributed by atoms with Crippen LogP contribution in [0.25, 0.3) is 0 Å². The molecule has 23 heavy (non-hydrogen) atoms. The molecule has 1 N–H and O–H groups in total. The van der Waals surface area contributed by atoms with Crippen LogP contribution >= 0.6 is 11.8 Å². The minimum absolute atomic E-state index is 0.0463. The lowest BCUT2D eigenvalue weighted by Gasteiger charge is -2.37. The Morgan fingerprint density at radius 1 is 1.26 bits per heavy atom. The van der Waals surface area contributed by atoms with Gasteiger partial charge in [-0.15, -0.1) is 11.8 Å². The monoisotopic (exact) mass is 352 g/mol. The maximum Gasteiger partial charge on any atom is 0.192 e. The molecule has 0 aromatic heterocycles. The van der Waals surface area contributed by atoms with E-state index in [1.807, 2.05) is 25.1 Å². The minimum atomic E-state index is -1.83. The van der Waals surface area contributed by atoms with Gasteiger partial charge in [-0.2, -0.15) is 0 Å². The third-order valence-electron chi connectivity index (χ3n) is 4.69. The van der Waals surface area contributed by atoms with Crippen molar-refractivity contribution in [2.75, 3.05) is 12.4 Å². The van der Waals surface area contributed by atoms with Crippen LogP contribution in [0.15, 0.2) is 47.4 Å². The zero-order valence-corrected chi connectivity index (χ0v) is 17.2. The molecule has 1 aromatic carbocycles. The zero-order chi connectivity index (χ0) is 17.7. The van der Waals surface area contributed by atoms with Crippen LogP contribution in [0.2, 0.25) is 18.1 Å². The third kappa shape index (κ3) is 6.46. The van der Waals surface area contributed by atoms with Crippen LogP contribution in [0.5, 0.6) is 0 Å². The van der Waals surface area contributed by atoms with Gasteiger partial charge in [-0.1, -0.05) is 51.1 Å². The number of rotatable bonds is 8. The van der Waals surface area contributed by atoms with Crippen molar-refractivity contribution in [3.8, 4) is 0 Å². The highest BCUT2D eigenvalue weighted by Gasteiger charge is 2.38. The molecular formula is C19H32O2SSi. The Kier molecular flexibility index (Phi) is 7.59. The zero-order valence-electron chi connectivity index (χ0n) is 15.4. The molecule has 0 bridgehead atoms. The number of aliphatic hydroxyl groups excluding tert-OH is 1. The van der Waals surface area contributed by atoms with Gasteiger partial charge in [0.25, 0.3) is 0 Å². The first-order chi connectivity index (χ1) is 10.5. The van der Waals surface area contributed by atoms with Crippen LogP contribution in [0.4, 0.5) is 0 Å². The Morgan fingerprint density at radius 3 is 2.30 bits per heavy atom. The fraction of sp³-hybridized carbons (Fsp3) is 0.579. The van der Waals surface area contributed by atoms with E-state index in [1.54, 1.807) is 11.8 Å². The Balaban J connectivity index is 2.61. The van der Waals surface area contributed by atoms with Crippen LogP contribution in [0, 0.1) is 5.92 Å². The van der Waals surface area contributed by atoms with E-state index < -0.39 is 14.4 Å². The first kappa shape index (κ1) is 20.5. The molecule has 2 atom stereocenters. The van der Waals surface area contributed by atoms with Crippen molar-refractivity contribution >= 4 is 20.1 Å². The van der Waals surface area contributed by atoms with Crippen LogP contribution in [-0.2, 0) is 4.43 Å². The van der Waals surface area contributed by atoms with E-state index in [1.165, 1.54) is 4.90 Å². The maximum atomic E-state index is 10.6. The van der Waals surface area contributed by atoms with Crippen molar-refractivity contribution in [2.24, 2.45) is 5.92 Å². The summed E-state index contributed by atoms with van der Waals surface area (Å²) in [6.07, 6.45) is -0.502. The highest BCUT2D eigenvalue weighted by molar-refractivity contribution is 7.99. The first-order valence-electron chi connectivity index (χ1n) is 8.20. The normalized spacial score (nSPS) is 15.3. The quantitative estimate of drug-likeness (QED) is 0.388. The molecule has 0 aliphatic rings. The van der Waals surface area contributed by atoms with E-state index in [2.05, 4.69) is 52.6 Å². The van der Waals surface area contributed by atoms with Gasteiger partial charge in [0.15, 0.2) is 8.32 Å². The molecule has 0 spiro atoms. The molecule has 0 aliphatic carbocycles. The van der Waals surface area contributed by atoms with Gasteiger partial charge in [0.05, 0.1) is 12.7 Å². The Hall–Kier alpha value is -0.553. The lowest BCUT2D eigenvalue weighted by molar-refractivity contribution is 0.0711. The summed E-state index contributed by atoms with van der Waals surface area (Å²) in [7, 11) is -1.83. The molecule has 2 unspecified atom stereocenters. The van der Waals surface area contributed by atoms with Crippen molar-refractivity contribution in [3.63, 3.8) is 0 Å².